The fourth-order valence-corrected chi connectivity index (χ4v) is 1.76. The minimum Gasteiger partial charge on any atom is -0.497 e. The summed E-state index contributed by atoms with van der Waals surface area (Å²) in [5.74, 6) is 2.40. The van der Waals surface area contributed by atoms with Crippen molar-refractivity contribution < 1.29 is 13.9 Å². The number of aromatic nitrogens is 1. The van der Waals surface area contributed by atoms with Gasteiger partial charge in [0.15, 0.2) is 0 Å². The highest BCUT2D eigenvalue weighted by atomic mass is 16.5. The Hall–Kier alpha value is -2.48. The topological polar surface area (TPSA) is 68.3 Å². The van der Waals surface area contributed by atoms with Crippen molar-refractivity contribution in [2.45, 2.75) is 13.3 Å². The van der Waals surface area contributed by atoms with Crippen LogP contribution in [0.2, 0.25) is 0 Å². The molecule has 0 bridgehead atoms. The summed E-state index contributed by atoms with van der Waals surface area (Å²) in [6, 6.07) is 7.45. The Kier molecular flexibility index (Phi) is 3.71. The van der Waals surface area contributed by atoms with Gasteiger partial charge in [-0.15, -0.1) is 0 Å². The summed E-state index contributed by atoms with van der Waals surface area (Å²) in [6.07, 6.45) is 0.230. The number of ether oxygens (including phenoxy) is 2. The van der Waals surface area contributed by atoms with Crippen molar-refractivity contribution >= 4 is 0 Å². The minimum absolute atomic E-state index is 0.230. The number of oxazole rings is 1. The number of nitrogens with zero attached hydrogens (tertiary/aromatic N) is 2. The van der Waals surface area contributed by atoms with Crippen molar-refractivity contribution in [3.05, 3.63) is 29.7 Å². The van der Waals surface area contributed by atoms with Crippen molar-refractivity contribution in [3.8, 4) is 29.0 Å². The van der Waals surface area contributed by atoms with Crippen LogP contribution in [-0.4, -0.2) is 19.2 Å². The molecule has 0 fully saturated rings. The third-order valence-corrected chi connectivity index (χ3v) is 2.78. The van der Waals surface area contributed by atoms with Gasteiger partial charge in [0.1, 0.15) is 17.3 Å². The van der Waals surface area contributed by atoms with E-state index >= 15 is 0 Å². The van der Waals surface area contributed by atoms with Crippen molar-refractivity contribution in [2.75, 3.05) is 14.2 Å². The first-order valence-electron chi connectivity index (χ1n) is 5.75. The van der Waals surface area contributed by atoms with E-state index in [0.717, 1.165) is 5.56 Å². The number of hydrogen-bond acceptors (Lipinski definition) is 5. The Morgan fingerprint density at radius 2 is 2.11 bits per heavy atom. The normalized spacial score (nSPS) is 10.0. The van der Waals surface area contributed by atoms with Crippen molar-refractivity contribution in [1.82, 2.24) is 4.98 Å². The molecule has 2 aromatic rings. The van der Waals surface area contributed by atoms with Crippen LogP contribution in [0.25, 0.3) is 11.5 Å². The van der Waals surface area contributed by atoms with E-state index in [1.807, 2.05) is 6.07 Å². The van der Waals surface area contributed by atoms with Gasteiger partial charge in [-0.2, -0.15) is 5.26 Å². The van der Waals surface area contributed by atoms with E-state index in [9.17, 15) is 0 Å². The number of benzene rings is 1. The van der Waals surface area contributed by atoms with E-state index in [1.165, 1.54) is 0 Å². The number of rotatable bonds is 4. The molecule has 0 aliphatic heterocycles. The number of hydrogen-bond donors (Lipinski definition) is 0. The molecule has 5 heteroatoms. The van der Waals surface area contributed by atoms with Crippen LogP contribution in [0.1, 0.15) is 11.5 Å². The van der Waals surface area contributed by atoms with Gasteiger partial charge in [0.05, 0.1) is 38.0 Å². The molecular weight excluding hydrogens is 244 g/mol. The highest BCUT2D eigenvalue weighted by Crippen LogP contribution is 2.33. The molecule has 19 heavy (non-hydrogen) atoms. The third-order valence-electron chi connectivity index (χ3n) is 2.78. The maximum Gasteiger partial charge on any atom is 0.230 e. The molecule has 0 N–H and O–H groups in total. The van der Waals surface area contributed by atoms with E-state index in [1.54, 1.807) is 33.3 Å². The standard InChI is InChI=1S/C14H14N2O3/c1-9-12(6-7-15)16-14(19-9)11-5-4-10(17-2)8-13(11)18-3/h4-5,8H,6H2,1-3H3. The Bertz CT molecular complexity index is 626. The Labute approximate surface area is 111 Å². The van der Waals surface area contributed by atoms with Crippen LogP contribution in [-0.2, 0) is 6.42 Å². The molecule has 5 nitrogen and oxygen atoms in total. The van der Waals surface area contributed by atoms with Crippen LogP contribution in [0.4, 0.5) is 0 Å². The van der Waals surface area contributed by atoms with Gasteiger partial charge in [0.2, 0.25) is 5.89 Å². The van der Waals surface area contributed by atoms with E-state index in [-0.39, 0.29) is 6.42 Å². The largest absolute Gasteiger partial charge is 0.497 e. The van der Waals surface area contributed by atoms with Gasteiger partial charge in [-0.25, -0.2) is 4.98 Å². The third kappa shape index (κ3) is 2.52. The van der Waals surface area contributed by atoms with Crippen LogP contribution in [0.3, 0.4) is 0 Å². The fourth-order valence-electron chi connectivity index (χ4n) is 1.76. The van der Waals surface area contributed by atoms with Gasteiger partial charge in [-0.05, 0) is 19.1 Å². The summed E-state index contributed by atoms with van der Waals surface area (Å²) in [5.41, 5.74) is 1.38. The molecule has 0 spiro atoms. The summed E-state index contributed by atoms with van der Waals surface area (Å²) >= 11 is 0. The van der Waals surface area contributed by atoms with E-state index in [4.69, 9.17) is 19.2 Å². The van der Waals surface area contributed by atoms with Gasteiger partial charge in [0.25, 0.3) is 0 Å². The molecule has 1 aromatic carbocycles. The lowest BCUT2D eigenvalue weighted by molar-refractivity contribution is 0.394. The SMILES string of the molecule is COc1ccc(-c2nc(CC#N)c(C)o2)c(OC)c1. The average molecular weight is 258 g/mol. The highest BCUT2D eigenvalue weighted by Gasteiger charge is 2.15. The maximum atomic E-state index is 8.72. The maximum absolute atomic E-state index is 8.72. The number of methoxy groups -OCH3 is 2. The lowest BCUT2D eigenvalue weighted by atomic mass is 10.2. The predicted octanol–water partition coefficient (Wildman–Crippen LogP) is 2.73. The molecule has 1 aromatic heterocycles. The van der Waals surface area contributed by atoms with Crippen LogP contribution in [0, 0.1) is 18.3 Å². The second kappa shape index (κ2) is 5.44. The van der Waals surface area contributed by atoms with Gasteiger partial charge in [-0.1, -0.05) is 0 Å². The van der Waals surface area contributed by atoms with Gasteiger partial charge < -0.3 is 13.9 Å². The van der Waals surface area contributed by atoms with Crippen molar-refractivity contribution in [3.63, 3.8) is 0 Å². The zero-order valence-electron chi connectivity index (χ0n) is 11.1. The second-order valence-corrected chi connectivity index (χ2v) is 3.92. The predicted molar refractivity (Wildman–Crippen MR) is 69.1 cm³/mol. The van der Waals surface area contributed by atoms with Crippen LogP contribution in [0.15, 0.2) is 22.6 Å². The highest BCUT2D eigenvalue weighted by molar-refractivity contribution is 5.65. The molecule has 1 heterocycles. The Morgan fingerprint density at radius 1 is 1.32 bits per heavy atom. The first-order valence-corrected chi connectivity index (χ1v) is 5.75. The molecule has 0 amide bonds. The van der Waals surface area contributed by atoms with Crippen LogP contribution < -0.4 is 9.47 Å². The number of nitriles is 1. The molecular formula is C14H14N2O3. The zero-order valence-corrected chi connectivity index (χ0v) is 11.1. The Morgan fingerprint density at radius 3 is 2.74 bits per heavy atom. The Balaban J connectivity index is 2.47. The molecule has 0 unspecified atom stereocenters. The summed E-state index contributed by atoms with van der Waals surface area (Å²) < 4.78 is 16.0. The van der Waals surface area contributed by atoms with Gasteiger partial charge in [0, 0.05) is 6.07 Å². The van der Waals surface area contributed by atoms with E-state index < -0.39 is 0 Å². The van der Waals surface area contributed by atoms with Crippen molar-refractivity contribution in [2.24, 2.45) is 0 Å². The lowest BCUT2D eigenvalue weighted by Gasteiger charge is -2.07. The first kappa shape index (κ1) is 13.0. The quantitative estimate of drug-likeness (QED) is 0.843. The smallest absolute Gasteiger partial charge is 0.230 e. The summed E-state index contributed by atoms with van der Waals surface area (Å²) in [4.78, 5) is 4.32. The minimum atomic E-state index is 0.230. The molecule has 0 saturated heterocycles. The average Bonchev–Trinajstić information content (AvgIpc) is 2.79. The molecule has 0 saturated carbocycles. The van der Waals surface area contributed by atoms with E-state index in [0.29, 0.717) is 28.8 Å². The summed E-state index contributed by atoms with van der Waals surface area (Å²) in [5, 5.41) is 8.72. The molecule has 0 aliphatic carbocycles. The molecule has 2 rings (SSSR count). The van der Waals surface area contributed by atoms with Crippen LogP contribution >= 0.6 is 0 Å². The lowest BCUT2D eigenvalue weighted by Crippen LogP contribution is -1.91. The molecule has 0 atom stereocenters. The van der Waals surface area contributed by atoms with Crippen molar-refractivity contribution in [1.29, 1.82) is 5.26 Å². The second-order valence-electron chi connectivity index (χ2n) is 3.92. The first-order chi connectivity index (χ1) is 9.19. The monoisotopic (exact) mass is 258 g/mol. The zero-order chi connectivity index (χ0) is 13.8. The fraction of sp³-hybridized carbons (Fsp3) is 0.286. The number of aryl methyl sites for hydroxylation is 1. The van der Waals surface area contributed by atoms with Crippen LogP contribution in [0.5, 0.6) is 11.5 Å². The van der Waals surface area contributed by atoms with Gasteiger partial charge in [-0.3, -0.25) is 0 Å². The molecule has 0 radical (unpaired) electrons. The molecule has 98 valence electrons. The summed E-state index contributed by atoms with van der Waals surface area (Å²) in [7, 11) is 3.17. The van der Waals surface area contributed by atoms with E-state index in [2.05, 4.69) is 11.1 Å². The summed E-state index contributed by atoms with van der Waals surface area (Å²) in [6.45, 7) is 1.79. The molecule has 0 aliphatic rings. The van der Waals surface area contributed by atoms with Gasteiger partial charge >= 0.3 is 0 Å².